The summed E-state index contributed by atoms with van der Waals surface area (Å²) in [7, 11) is 0. The second-order valence-electron chi connectivity index (χ2n) is 3.56. The van der Waals surface area contributed by atoms with Gasteiger partial charge in [0.1, 0.15) is 0 Å². The summed E-state index contributed by atoms with van der Waals surface area (Å²) in [6.07, 6.45) is 1.93. The summed E-state index contributed by atoms with van der Waals surface area (Å²) in [4.78, 5) is 20.1. The van der Waals surface area contributed by atoms with E-state index in [0.29, 0.717) is 13.1 Å². The van der Waals surface area contributed by atoms with E-state index in [-0.39, 0.29) is 5.91 Å². The van der Waals surface area contributed by atoms with Crippen molar-refractivity contribution in [2.24, 2.45) is 4.99 Å². The number of halogens is 1. The largest absolute Gasteiger partial charge is 0.287 e. The molecule has 0 bridgehead atoms. The van der Waals surface area contributed by atoms with Gasteiger partial charge in [-0.25, -0.2) is 0 Å². The van der Waals surface area contributed by atoms with Crippen molar-refractivity contribution in [2.75, 3.05) is 13.1 Å². The van der Waals surface area contributed by atoms with E-state index < -0.39 is 0 Å². The van der Waals surface area contributed by atoms with E-state index in [1.807, 2.05) is 32.1 Å². The second-order valence-corrected chi connectivity index (χ2v) is 7.06. The SMILES string of the molecule is CCN=C1S/C(=C/c2ccc(Br)s2)C(=O)N1CC. The molecule has 0 saturated carbocycles. The van der Waals surface area contributed by atoms with Gasteiger partial charge in [-0.1, -0.05) is 0 Å². The maximum Gasteiger partial charge on any atom is 0.266 e. The van der Waals surface area contributed by atoms with Gasteiger partial charge in [0.2, 0.25) is 0 Å². The van der Waals surface area contributed by atoms with Crippen molar-refractivity contribution in [1.29, 1.82) is 0 Å². The number of thiophene rings is 1. The number of amidine groups is 1. The average Bonchev–Trinajstić information content (AvgIpc) is 2.86. The van der Waals surface area contributed by atoms with Crippen molar-refractivity contribution in [1.82, 2.24) is 4.90 Å². The van der Waals surface area contributed by atoms with Crippen LogP contribution >= 0.6 is 39.0 Å². The Labute approximate surface area is 123 Å². The van der Waals surface area contributed by atoms with Crippen molar-refractivity contribution in [3.8, 4) is 0 Å². The summed E-state index contributed by atoms with van der Waals surface area (Å²) in [6.45, 7) is 5.30. The van der Waals surface area contributed by atoms with Crippen molar-refractivity contribution in [3.05, 3.63) is 25.7 Å². The molecule has 6 heteroatoms. The molecule has 2 rings (SSSR count). The molecule has 18 heavy (non-hydrogen) atoms. The van der Waals surface area contributed by atoms with Gasteiger partial charge in [0.15, 0.2) is 5.17 Å². The minimum atomic E-state index is 0.0548. The molecule has 0 unspecified atom stereocenters. The lowest BCUT2D eigenvalue weighted by Crippen LogP contribution is -2.28. The van der Waals surface area contributed by atoms with Gasteiger partial charge < -0.3 is 0 Å². The van der Waals surface area contributed by atoms with Crippen LogP contribution in [0, 0.1) is 0 Å². The smallest absolute Gasteiger partial charge is 0.266 e. The normalized spacial score (nSPS) is 20.4. The van der Waals surface area contributed by atoms with E-state index in [1.165, 1.54) is 11.8 Å². The van der Waals surface area contributed by atoms with Crippen LogP contribution in [0.2, 0.25) is 0 Å². The Morgan fingerprint density at radius 3 is 2.78 bits per heavy atom. The minimum Gasteiger partial charge on any atom is -0.287 e. The van der Waals surface area contributed by atoms with Crippen LogP contribution in [0.25, 0.3) is 6.08 Å². The lowest BCUT2D eigenvalue weighted by molar-refractivity contribution is -0.122. The molecule has 1 saturated heterocycles. The first kappa shape index (κ1) is 13.8. The number of hydrogen-bond acceptors (Lipinski definition) is 4. The van der Waals surface area contributed by atoms with Gasteiger partial charge in [-0.15, -0.1) is 11.3 Å². The number of aliphatic imine (C=N–C) groups is 1. The molecule has 1 aromatic rings. The topological polar surface area (TPSA) is 32.7 Å². The molecule has 1 aliphatic rings. The van der Waals surface area contributed by atoms with Gasteiger partial charge in [0.05, 0.1) is 8.69 Å². The summed E-state index contributed by atoms with van der Waals surface area (Å²) in [5.74, 6) is 0.0548. The minimum absolute atomic E-state index is 0.0548. The lowest BCUT2D eigenvalue weighted by atomic mass is 10.4. The highest BCUT2D eigenvalue weighted by atomic mass is 79.9. The van der Waals surface area contributed by atoms with E-state index in [2.05, 4.69) is 20.9 Å². The van der Waals surface area contributed by atoms with E-state index in [1.54, 1.807) is 16.2 Å². The zero-order valence-corrected chi connectivity index (χ0v) is 13.4. The van der Waals surface area contributed by atoms with Crippen LogP contribution in [-0.2, 0) is 4.79 Å². The molecule has 0 radical (unpaired) electrons. The lowest BCUT2D eigenvalue weighted by Gasteiger charge is -2.11. The van der Waals surface area contributed by atoms with Gasteiger partial charge in [0, 0.05) is 18.0 Å². The van der Waals surface area contributed by atoms with Crippen LogP contribution < -0.4 is 0 Å². The third kappa shape index (κ3) is 2.87. The molecule has 0 atom stereocenters. The Morgan fingerprint density at radius 2 is 2.22 bits per heavy atom. The fourth-order valence-electron chi connectivity index (χ4n) is 1.58. The maximum absolute atomic E-state index is 12.2. The number of amides is 1. The first-order valence-corrected chi connectivity index (χ1v) is 8.09. The van der Waals surface area contributed by atoms with Crippen LogP contribution in [0.3, 0.4) is 0 Å². The van der Waals surface area contributed by atoms with Crippen LogP contribution in [0.15, 0.2) is 25.8 Å². The van der Waals surface area contributed by atoms with Crippen molar-refractivity contribution in [2.45, 2.75) is 13.8 Å². The molecule has 0 aromatic carbocycles. The number of carbonyl (C=O) groups excluding carboxylic acids is 1. The zero-order chi connectivity index (χ0) is 13.1. The third-order valence-electron chi connectivity index (χ3n) is 2.37. The summed E-state index contributed by atoms with van der Waals surface area (Å²) in [5, 5.41) is 0.812. The van der Waals surface area contributed by atoms with E-state index >= 15 is 0 Å². The molecule has 0 N–H and O–H groups in total. The molecule has 96 valence electrons. The van der Waals surface area contributed by atoms with E-state index in [4.69, 9.17) is 0 Å². The summed E-state index contributed by atoms with van der Waals surface area (Å²) < 4.78 is 1.07. The predicted octanol–water partition coefficient (Wildman–Crippen LogP) is 3.82. The molecule has 3 nitrogen and oxygen atoms in total. The fraction of sp³-hybridized carbons (Fsp3) is 0.333. The Morgan fingerprint density at radius 1 is 1.44 bits per heavy atom. The van der Waals surface area contributed by atoms with Gasteiger partial charge in [-0.2, -0.15) is 0 Å². The predicted molar refractivity (Wildman–Crippen MR) is 83.0 cm³/mol. The number of rotatable bonds is 3. The van der Waals surface area contributed by atoms with Crippen LogP contribution in [-0.4, -0.2) is 29.1 Å². The first-order chi connectivity index (χ1) is 8.65. The maximum atomic E-state index is 12.2. The van der Waals surface area contributed by atoms with Crippen LogP contribution in [0.1, 0.15) is 18.7 Å². The number of hydrogen-bond donors (Lipinski definition) is 0. The number of carbonyl (C=O) groups is 1. The Kier molecular flexibility index (Phi) is 4.64. The van der Waals surface area contributed by atoms with Crippen molar-refractivity contribution >= 4 is 56.2 Å². The van der Waals surface area contributed by atoms with E-state index in [9.17, 15) is 4.79 Å². The molecular weight excluding hydrogens is 332 g/mol. The van der Waals surface area contributed by atoms with Gasteiger partial charge >= 0.3 is 0 Å². The summed E-state index contributed by atoms with van der Waals surface area (Å²) >= 11 is 6.50. The Bertz CT molecular complexity index is 522. The second kappa shape index (κ2) is 6.04. The highest BCUT2D eigenvalue weighted by molar-refractivity contribution is 9.11. The van der Waals surface area contributed by atoms with Crippen LogP contribution in [0.4, 0.5) is 0 Å². The zero-order valence-electron chi connectivity index (χ0n) is 10.1. The highest BCUT2D eigenvalue weighted by Gasteiger charge is 2.31. The Hall–Kier alpha value is -0.590. The van der Waals surface area contributed by atoms with Gasteiger partial charge in [0.25, 0.3) is 5.91 Å². The first-order valence-electron chi connectivity index (χ1n) is 5.67. The summed E-state index contributed by atoms with van der Waals surface area (Å²) in [6, 6.07) is 3.99. The van der Waals surface area contributed by atoms with Gasteiger partial charge in [-0.05, 0) is 59.7 Å². The molecule has 0 spiro atoms. The average molecular weight is 345 g/mol. The highest BCUT2D eigenvalue weighted by Crippen LogP contribution is 2.34. The standard InChI is InChI=1S/C12H13BrN2OS2/c1-3-14-12-15(4-2)11(16)9(18-12)7-8-5-6-10(13)17-8/h5-7H,3-4H2,1-2H3/b9-7+,14-12?. The molecule has 1 aromatic heterocycles. The molecule has 1 aliphatic heterocycles. The number of nitrogens with zero attached hydrogens (tertiary/aromatic N) is 2. The fourth-order valence-corrected chi connectivity index (χ4v) is 4.11. The molecule has 0 aliphatic carbocycles. The summed E-state index contributed by atoms with van der Waals surface area (Å²) in [5.41, 5.74) is 0. The number of likely N-dealkylation sites (N-methyl/N-ethyl adjacent to an activating group) is 1. The third-order valence-corrected chi connectivity index (χ3v) is 4.98. The van der Waals surface area contributed by atoms with Crippen LogP contribution in [0.5, 0.6) is 0 Å². The molecular formula is C12H13BrN2OS2. The number of thioether (sulfide) groups is 1. The molecule has 1 fully saturated rings. The monoisotopic (exact) mass is 344 g/mol. The van der Waals surface area contributed by atoms with Gasteiger partial charge in [-0.3, -0.25) is 14.7 Å². The van der Waals surface area contributed by atoms with E-state index in [0.717, 1.165) is 18.7 Å². The van der Waals surface area contributed by atoms with Crippen molar-refractivity contribution < 1.29 is 4.79 Å². The Balaban J connectivity index is 2.28. The van der Waals surface area contributed by atoms with Crippen molar-refractivity contribution in [3.63, 3.8) is 0 Å². The molecule has 1 amide bonds. The quantitative estimate of drug-likeness (QED) is 0.780. The molecule has 2 heterocycles.